The van der Waals surface area contributed by atoms with Crippen LogP contribution in [0, 0.1) is 5.92 Å². The summed E-state index contributed by atoms with van der Waals surface area (Å²) in [5, 5.41) is 21.0. The molecule has 5 amide bonds. The molecule has 6 aromatic rings. The van der Waals surface area contributed by atoms with Crippen LogP contribution in [0.15, 0.2) is 127 Å². The van der Waals surface area contributed by atoms with Crippen LogP contribution in [0.5, 0.6) is 0 Å². The molecule has 1 aliphatic heterocycles. The molecular formula is C51H57N7O5. The van der Waals surface area contributed by atoms with E-state index in [-0.39, 0.29) is 37.5 Å². The number of nitrogens with two attached hydrogens (primary N) is 2. The fourth-order valence-corrected chi connectivity index (χ4v) is 8.49. The lowest BCUT2D eigenvalue weighted by molar-refractivity contribution is -0.135. The van der Waals surface area contributed by atoms with Crippen LogP contribution in [-0.4, -0.2) is 73.3 Å². The fraction of sp³-hybridized carbons (Fsp3) is 0.314. The number of benzene rings is 6. The summed E-state index contributed by atoms with van der Waals surface area (Å²) in [6, 6.07) is 36.8. The molecule has 0 radical (unpaired) electrons. The van der Waals surface area contributed by atoms with Crippen molar-refractivity contribution >= 4 is 61.9 Å². The molecule has 1 aliphatic rings. The van der Waals surface area contributed by atoms with E-state index in [0.717, 1.165) is 49.0 Å². The van der Waals surface area contributed by atoms with Gasteiger partial charge in [0.1, 0.15) is 24.2 Å². The van der Waals surface area contributed by atoms with Crippen LogP contribution in [-0.2, 0) is 43.2 Å². The Morgan fingerprint density at radius 2 is 1.03 bits per heavy atom. The lowest BCUT2D eigenvalue weighted by atomic mass is 9.95. The number of rotatable bonds is 19. The van der Waals surface area contributed by atoms with Gasteiger partial charge in [-0.05, 0) is 101 Å². The molecule has 0 aromatic heterocycles. The summed E-state index contributed by atoms with van der Waals surface area (Å²) in [5.74, 6) is -2.90. The van der Waals surface area contributed by atoms with Crippen molar-refractivity contribution in [3.8, 4) is 0 Å². The highest BCUT2D eigenvalue weighted by molar-refractivity contribution is 5.97. The summed E-state index contributed by atoms with van der Waals surface area (Å²) in [6.07, 6.45) is 3.14. The van der Waals surface area contributed by atoms with Crippen LogP contribution >= 0.6 is 0 Å². The highest BCUT2D eigenvalue weighted by Gasteiger charge is 2.33. The fourth-order valence-electron chi connectivity index (χ4n) is 8.49. The molecule has 0 bridgehead atoms. The Hall–Kier alpha value is -6.63. The molecule has 9 N–H and O–H groups in total. The Balaban J connectivity index is 1.21. The van der Waals surface area contributed by atoms with Gasteiger partial charge in [0.2, 0.25) is 29.5 Å². The molecule has 1 heterocycles. The number of unbranched alkanes of at least 4 members (excludes halogenated alkanes) is 1. The lowest BCUT2D eigenvalue weighted by Gasteiger charge is -2.28. The van der Waals surface area contributed by atoms with Crippen LogP contribution in [0.2, 0.25) is 0 Å². The molecule has 12 heteroatoms. The quantitative estimate of drug-likeness (QED) is 0.0573. The van der Waals surface area contributed by atoms with Crippen molar-refractivity contribution in [3.05, 3.63) is 144 Å². The molecule has 326 valence electrons. The average molecular weight is 848 g/mol. The highest BCUT2D eigenvalue weighted by atomic mass is 16.2. The Bertz CT molecular complexity index is 2570. The molecule has 63 heavy (non-hydrogen) atoms. The topological polar surface area (TPSA) is 198 Å². The SMILES string of the molecule is NCCCC[C@H](NC(=O)[C@H](Cc1cccc2ccccc12)NC(=O)[C@@H](Cc1ccc2ccccc2c1)NC(=O)[C@@H](Cc1ccc2ccccc2c1)NC(=O)C1CCNCC1)C(N)=O. The number of fused-ring (bicyclic) bond motifs is 3. The maximum atomic E-state index is 14.8. The summed E-state index contributed by atoms with van der Waals surface area (Å²) < 4.78 is 0. The third kappa shape index (κ3) is 11.8. The summed E-state index contributed by atoms with van der Waals surface area (Å²) in [7, 11) is 0. The van der Waals surface area contributed by atoms with E-state index in [1.807, 2.05) is 127 Å². The minimum atomic E-state index is -1.17. The smallest absolute Gasteiger partial charge is 0.243 e. The molecule has 1 fully saturated rings. The van der Waals surface area contributed by atoms with Gasteiger partial charge in [-0.1, -0.05) is 127 Å². The zero-order valence-corrected chi connectivity index (χ0v) is 35.5. The van der Waals surface area contributed by atoms with E-state index in [9.17, 15) is 24.0 Å². The summed E-state index contributed by atoms with van der Waals surface area (Å²) in [4.78, 5) is 70.2. The predicted molar refractivity (Wildman–Crippen MR) is 248 cm³/mol. The van der Waals surface area contributed by atoms with Gasteiger partial charge < -0.3 is 38.1 Å². The van der Waals surface area contributed by atoms with Crippen LogP contribution in [0.4, 0.5) is 0 Å². The molecule has 0 saturated carbocycles. The van der Waals surface area contributed by atoms with E-state index in [4.69, 9.17) is 11.5 Å². The minimum Gasteiger partial charge on any atom is -0.368 e. The number of amides is 5. The van der Waals surface area contributed by atoms with Gasteiger partial charge >= 0.3 is 0 Å². The van der Waals surface area contributed by atoms with Crippen LogP contribution < -0.4 is 38.1 Å². The van der Waals surface area contributed by atoms with Crippen LogP contribution in [0.25, 0.3) is 32.3 Å². The van der Waals surface area contributed by atoms with Gasteiger partial charge in [0, 0.05) is 25.2 Å². The molecule has 7 rings (SSSR count). The molecule has 0 spiro atoms. The van der Waals surface area contributed by atoms with Gasteiger partial charge in [0.05, 0.1) is 0 Å². The van der Waals surface area contributed by atoms with E-state index in [1.54, 1.807) is 0 Å². The molecule has 6 aromatic carbocycles. The molecule has 0 aliphatic carbocycles. The first-order chi connectivity index (χ1) is 30.6. The standard InChI is InChI=1S/C51H57N7O5/c52-25-8-7-18-43(47(53)59)55-51(63)46(32-41-16-9-15-37-12-5-6-17-42(37)41)58-50(62)45(31-34-20-22-36-11-2-4-14-40(36)29-34)57-49(61)44(56-48(60)38-23-26-54-27-24-38)30-33-19-21-35-10-1-3-13-39(35)28-33/h1-6,9-17,19-22,28-29,38,43-46,54H,7-8,18,23-27,30-32,52H2,(H2,53,59)(H,55,63)(H,56,60)(H,57,61)(H,58,62)/t43-,44+,45+,46-/m0/s1. The van der Waals surface area contributed by atoms with Gasteiger partial charge in [-0.25, -0.2) is 0 Å². The van der Waals surface area contributed by atoms with Gasteiger partial charge in [-0.3, -0.25) is 24.0 Å². The third-order valence-electron chi connectivity index (χ3n) is 12.0. The first-order valence-electron chi connectivity index (χ1n) is 22.0. The maximum Gasteiger partial charge on any atom is 0.243 e. The summed E-state index contributed by atoms with van der Waals surface area (Å²) >= 11 is 0. The Morgan fingerprint density at radius 1 is 0.540 bits per heavy atom. The molecule has 0 unspecified atom stereocenters. The number of primary amides is 1. The van der Waals surface area contributed by atoms with E-state index in [2.05, 4.69) is 26.6 Å². The molecule has 12 nitrogen and oxygen atoms in total. The largest absolute Gasteiger partial charge is 0.368 e. The zero-order valence-electron chi connectivity index (χ0n) is 35.5. The van der Waals surface area contributed by atoms with E-state index < -0.39 is 47.8 Å². The Kier molecular flexibility index (Phi) is 15.1. The Labute approximate surface area is 367 Å². The molecule has 4 atom stereocenters. The first kappa shape index (κ1) is 44.4. The maximum absolute atomic E-state index is 14.8. The van der Waals surface area contributed by atoms with Crippen molar-refractivity contribution in [2.45, 2.75) is 75.5 Å². The first-order valence-corrected chi connectivity index (χ1v) is 22.0. The monoisotopic (exact) mass is 847 g/mol. The second-order valence-corrected chi connectivity index (χ2v) is 16.6. The van der Waals surface area contributed by atoms with Crippen molar-refractivity contribution in [1.82, 2.24) is 26.6 Å². The minimum absolute atomic E-state index is 0.0823. The van der Waals surface area contributed by atoms with Crippen molar-refractivity contribution in [2.24, 2.45) is 17.4 Å². The highest BCUT2D eigenvalue weighted by Crippen LogP contribution is 2.22. The van der Waals surface area contributed by atoms with E-state index in [1.165, 1.54) is 0 Å². The normalized spacial score (nSPS) is 14.9. The molecular weight excluding hydrogens is 791 g/mol. The third-order valence-corrected chi connectivity index (χ3v) is 12.0. The van der Waals surface area contributed by atoms with E-state index in [0.29, 0.717) is 45.3 Å². The van der Waals surface area contributed by atoms with Crippen molar-refractivity contribution in [1.29, 1.82) is 0 Å². The number of nitrogens with one attached hydrogen (secondary N) is 5. The van der Waals surface area contributed by atoms with Gasteiger partial charge in [-0.2, -0.15) is 0 Å². The number of hydrogen-bond acceptors (Lipinski definition) is 7. The van der Waals surface area contributed by atoms with Crippen molar-refractivity contribution in [3.63, 3.8) is 0 Å². The van der Waals surface area contributed by atoms with Gasteiger partial charge in [-0.15, -0.1) is 0 Å². The number of piperidine rings is 1. The summed E-state index contributed by atoms with van der Waals surface area (Å²) in [5.41, 5.74) is 13.9. The number of carbonyl (C=O) groups is 5. The van der Waals surface area contributed by atoms with Crippen LogP contribution in [0.1, 0.15) is 48.8 Å². The average Bonchev–Trinajstić information content (AvgIpc) is 3.30. The molecule has 1 saturated heterocycles. The second-order valence-electron chi connectivity index (χ2n) is 16.6. The van der Waals surface area contributed by atoms with Crippen molar-refractivity contribution in [2.75, 3.05) is 19.6 Å². The Morgan fingerprint density at radius 3 is 1.60 bits per heavy atom. The zero-order chi connectivity index (χ0) is 44.1. The number of carbonyl (C=O) groups excluding carboxylic acids is 5. The predicted octanol–water partition coefficient (Wildman–Crippen LogP) is 4.73. The summed E-state index contributed by atoms with van der Waals surface area (Å²) in [6.45, 7) is 1.83. The number of hydrogen-bond donors (Lipinski definition) is 7. The van der Waals surface area contributed by atoms with E-state index >= 15 is 0 Å². The van der Waals surface area contributed by atoms with Gasteiger partial charge in [0.25, 0.3) is 0 Å². The van der Waals surface area contributed by atoms with Gasteiger partial charge in [0.15, 0.2) is 0 Å². The lowest BCUT2D eigenvalue weighted by Crippen LogP contribution is -2.59. The van der Waals surface area contributed by atoms with Crippen molar-refractivity contribution < 1.29 is 24.0 Å². The second kappa shape index (κ2) is 21.4. The van der Waals surface area contributed by atoms with Crippen LogP contribution in [0.3, 0.4) is 0 Å².